The summed E-state index contributed by atoms with van der Waals surface area (Å²) >= 11 is 5.88. The van der Waals surface area contributed by atoms with Gasteiger partial charge in [-0.1, -0.05) is 17.7 Å². The minimum atomic E-state index is -3.51. The minimum Gasteiger partial charge on any atom is -0.379 e. The second-order valence-electron chi connectivity index (χ2n) is 9.28. The number of ether oxygens (including phenoxy) is 1. The Morgan fingerprint density at radius 3 is 2.61 bits per heavy atom. The normalized spacial score (nSPS) is 25.4. The molecule has 2 saturated heterocycles. The Labute approximate surface area is 201 Å². The summed E-state index contributed by atoms with van der Waals surface area (Å²) in [5.74, 6) is 0.467. The number of morpholine rings is 1. The van der Waals surface area contributed by atoms with Crippen molar-refractivity contribution in [3.8, 4) is 0 Å². The van der Waals surface area contributed by atoms with Crippen LogP contribution in [0.25, 0.3) is 0 Å². The number of hydrogen-bond acceptors (Lipinski definition) is 4. The van der Waals surface area contributed by atoms with Crippen molar-refractivity contribution in [2.75, 3.05) is 56.7 Å². The maximum atomic E-state index is 12.9. The summed E-state index contributed by atoms with van der Waals surface area (Å²) in [5.41, 5.74) is 4.63. The summed E-state index contributed by atoms with van der Waals surface area (Å²) in [6.45, 7) is 6.02. The predicted octanol–water partition coefficient (Wildman–Crippen LogP) is 1.60. The molecule has 0 saturated carbocycles. The fourth-order valence-corrected chi connectivity index (χ4v) is 7.05. The average molecular weight is 488 g/mol. The highest BCUT2D eigenvalue weighted by molar-refractivity contribution is 7.89. The van der Waals surface area contributed by atoms with Gasteiger partial charge in [0.15, 0.2) is 5.11 Å². The number of benzene rings is 2. The lowest BCUT2D eigenvalue weighted by Gasteiger charge is -2.35. The second kappa shape index (κ2) is 8.96. The van der Waals surface area contributed by atoms with Crippen molar-refractivity contribution >= 4 is 38.7 Å². The van der Waals surface area contributed by atoms with Gasteiger partial charge in [0.25, 0.3) is 0 Å². The van der Waals surface area contributed by atoms with E-state index in [-0.39, 0.29) is 0 Å². The number of fused-ring (bicyclic) bond motifs is 3. The van der Waals surface area contributed by atoms with Gasteiger partial charge >= 0.3 is 0 Å². The highest BCUT2D eigenvalue weighted by Crippen LogP contribution is 2.43. The first-order valence-corrected chi connectivity index (χ1v) is 13.4. The van der Waals surface area contributed by atoms with Gasteiger partial charge < -0.3 is 19.9 Å². The van der Waals surface area contributed by atoms with Crippen LogP contribution in [-0.4, -0.2) is 70.3 Å². The Morgan fingerprint density at radius 1 is 1.15 bits per heavy atom. The molecule has 0 amide bonds. The van der Waals surface area contributed by atoms with Gasteiger partial charge in [0, 0.05) is 30.9 Å². The molecular formula is C24H31N4O3S2+. The Hall–Kier alpha value is -2.04. The van der Waals surface area contributed by atoms with Gasteiger partial charge in [-0.3, -0.25) is 0 Å². The van der Waals surface area contributed by atoms with Gasteiger partial charge in [-0.2, -0.15) is 4.31 Å². The molecule has 2 aromatic rings. The highest BCUT2D eigenvalue weighted by atomic mass is 32.2. The van der Waals surface area contributed by atoms with Crippen molar-refractivity contribution in [3.63, 3.8) is 0 Å². The van der Waals surface area contributed by atoms with Crippen molar-refractivity contribution in [2.24, 2.45) is 0 Å². The van der Waals surface area contributed by atoms with Crippen LogP contribution in [0.4, 0.5) is 11.4 Å². The third-order valence-corrected chi connectivity index (χ3v) is 9.22. The molecule has 2 aromatic carbocycles. The first-order chi connectivity index (χ1) is 15.8. The van der Waals surface area contributed by atoms with Gasteiger partial charge in [-0.05, 0) is 55.0 Å². The molecule has 3 atom stereocenters. The number of nitrogens with zero attached hydrogens (tertiary/aromatic N) is 2. The Balaban J connectivity index is 1.35. The van der Waals surface area contributed by atoms with Crippen molar-refractivity contribution in [1.29, 1.82) is 0 Å². The number of hydrogen-bond donors (Lipinski definition) is 2. The van der Waals surface area contributed by atoms with E-state index in [1.165, 1.54) is 21.1 Å². The number of thiocarbonyl (C=S) groups is 1. The van der Waals surface area contributed by atoms with E-state index in [2.05, 4.69) is 42.4 Å². The number of rotatable bonds is 3. The molecule has 3 aliphatic rings. The zero-order valence-corrected chi connectivity index (χ0v) is 20.7. The molecule has 0 aromatic heterocycles. The topological polar surface area (TPSA) is 66.3 Å². The Kier molecular flexibility index (Phi) is 6.17. The zero-order chi connectivity index (χ0) is 23.2. The molecule has 3 heterocycles. The zero-order valence-electron chi connectivity index (χ0n) is 19.1. The van der Waals surface area contributed by atoms with Crippen LogP contribution in [0.2, 0.25) is 0 Å². The first-order valence-electron chi connectivity index (χ1n) is 11.5. The van der Waals surface area contributed by atoms with Gasteiger partial charge in [-0.25, -0.2) is 8.42 Å². The van der Waals surface area contributed by atoms with Crippen LogP contribution in [0.1, 0.15) is 23.5 Å². The summed E-state index contributed by atoms with van der Waals surface area (Å²) in [7, 11) is -1.25. The molecule has 176 valence electrons. The average Bonchev–Trinajstić information content (AvgIpc) is 3.13. The number of likely N-dealkylation sites (tertiary alicyclic amines) is 1. The van der Waals surface area contributed by atoms with E-state index in [0.29, 0.717) is 48.3 Å². The van der Waals surface area contributed by atoms with E-state index < -0.39 is 10.0 Å². The van der Waals surface area contributed by atoms with E-state index in [4.69, 9.17) is 17.0 Å². The molecule has 33 heavy (non-hydrogen) atoms. The molecule has 1 unspecified atom stereocenters. The fraction of sp³-hybridized carbons (Fsp3) is 0.458. The molecule has 2 N–H and O–H groups in total. The molecule has 0 bridgehead atoms. The van der Waals surface area contributed by atoms with E-state index in [0.717, 1.165) is 25.2 Å². The molecule has 0 radical (unpaired) electrons. The second-order valence-corrected chi connectivity index (χ2v) is 11.6. The third kappa shape index (κ3) is 4.28. The SMILES string of the molecule is Cc1ccc2c(c1)[C@H]1C[NH+](C)CC[C@H]1N2C(=S)Nc1ccc(S(=O)(=O)N2CCOCC2)cc1. The summed E-state index contributed by atoms with van der Waals surface area (Å²) in [6, 6.07) is 13.9. The Morgan fingerprint density at radius 2 is 1.88 bits per heavy atom. The van der Waals surface area contributed by atoms with Crippen molar-refractivity contribution in [2.45, 2.75) is 30.2 Å². The highest BCUT2D eigenvalue weighted by Gasteiger charge is 2.44. The number of sulfonamides is 1. The van der Waals surface area contributed by atoms with Gasteiger partial charge in [-0.15, -0.1) is 0 Å². The number of piperidine rings is 1. The number of nitrogens with one attached hydrogen (secondary N) is 2. The molecule has 0 spiro atoms. The van der Waals surface area contributed by atoms with Crippen LogP contribution in [0.5, 0.6) is 0 Å². The van der Waals surface area contributed by atoms with Gasteiger partial charge in [0.2, 0.25) is 10.0 Å². The smallest absolute Gasteiger partial charge is 0.243 e. The first kappa shape index (κ1) is 22.7. The summed E-state index contributed by atoms with van der Waals surface area (Å²) < 4.78 is 32.5. The molecule has 9 heteroatoms. The monoisotopic (exact) mass is 487 g/mol. The van der Waals surface area contributed by atoms with Crippen molar-refractivity contribution in [1.82, 2.24) is 4.31 Å². The Bertz CT molecular complexity index is 1150. The number of likely N-dealkylation sites (N-methyl/N-ethyl adjacent to an activating group) is 1. The summed E-state index contributed by atoms with van der Waals surface area (Å²) in [5, 5.41) is 4.03. The largest absolute Gasteiger partial charge is 0.379 e. The van der Waals surface area contributed by atoms with Crippen LogP contribution in [-0.2, 0) is 14.8 Å². The van der Waals surface area contributed by atoms with Crippen LogP contribution in [0.3, 0.4) is 0 Å². The van der Waals surface area contributed by atoms with E-state index in [9.17, 15) is 8.42 Å². The molecular weight excluding hydrogens is 456 g/mol. The maximum Gasteiger partial charge on any atom is 0.243 e. The molecule has 0 aliphatic carbocycles. The molecule has 3 aliphatic heterocycles. The number of aryl methyl sites for hydroxylation is 1. The lowest BCUT2D eigenvalue weighted by Crippen LogP contribution is -3.11. The third-order valence-electron chi connectivity index (χ3n) is 7.01. The lowest BCUT2D eigenvalue weighted by atomic mass is 9.89. The molecule has 2 fully saturated rings. The van der Waals surface area contributed by atoms with Crippen LogP contribution < -0.4 is 15.1 Å². The van der Waals surface area contributed by atoms with Crippen LogP contribution in [0, 0.1) is 6.92 Å². The van der Waals surface area contributed by atoms with Gasteiger partial charge in [0.1, 0.15) is 0 Å². The molecule has 7 nitrogen and oxygen atoms in total. The van der Waals surface area contributed by atoms with Gasteiger partial charge in [0.05, 0.1) is 50.2 Å². The van der Waals surface area contributed by atoms with Crippen LogP contribution in [0.15, 0.2) is 47.4 Å². The maximum absolute atomic E-state index is 12.9. The minimum absolute atomic E-state index is 0.293. The fourth-order valence-electron chi connectivity index (χ4n) is 5.29. The van der Waals surface area contributed by atoms with Crippen molar-refractivity contribution in [3.05, 3.63) is 53.6 Å². The number of anilines is 2. The summed E-state index contributed by atoms with van der Waals surface area (Å²) in [6.07, 6.45) is 1.09. The molecule has 5 rings (SSSR count). The standard InChI is InChI=1S/C24H30N4O3S2/c1-17-3-8-22-20(15-17)21-16-26(2)10-9-23(21)28(22)24(32)25-18-4-6-19(7-5-18)33(29,30)27-11-13-31-14-12-27/h3-8,15,21,23H,9-14,16H2,1-2H3,(H,25,32)/p+1/t21-,23-/m1/s1. The summed E-state index contributed by atoms with van der Waals surface area (Å²) in [4.78, 5) is 4.13. The van der Waals surface area contributed by atoms with Crippen molar-refractivity contribution < 1.29 is 18.1 Å². The lowest BCUT2D eigenvalue weighted by molar-refractivity contribution is -0.886. The quantitative estimate of drug-likeness (QED) is 0.642. The predicted molar refractivity (Wildman–Crippen MR) is 134 cm³/mol. The van der Waals surface area contributed by atoms with E-state index in [1.807, 2.05) is 0 Å². The number of quaternary nitrogens is 1. The van der Waals surface area contributed by atoms with E-state index in [1.54, 1.807) is 29.2 Å². The van der Waals surface area contributed by atoms with E-state index >= 15 is 0 Å². The van der Waals surface area contributed by atoms with Crippen LogP contribution >= 0.6 is 12.2 Å².